The van der Waals surface area contributed by atoms with Crippen molar-refractivity contribution in [1.29, 1.82) is 0 Å². The molecule has 2 atom stereocenters. The third-order valence-electron chi connectivity index (χ3n) is 5.40. The molecule has 1 N–H and O–H groups in total. The van der Waals surface area contributed by atoms with E-state index in [0.29, 0.717) is 11.6 Å². The third kappa shape index (κ3) is 2.06. The summed E-state index contributed by atoms with van der Waals surface area (Å²) in [6.07, 6.45) is 1.85. The zero-order valence-electron chi connectivity index (χ0n) is 12.2. The van der Waals surface area contributed by atoms with Crippen LogP contribution in [0.5, 0.6) is 0 Å². The third-order valence-corrected chi connectivity index (χ3v) is 5.40. The number of nitrogens with zero attached hydrogens (tertiary/aromatic N) is 1. The van der Waals surface area contributed by atoms with Crippen molar-refractivity contribution in [2.75, 3.05) is 5.06 Å². The van der Waals surface area contributed by atoms with Gasteiger partial charge in [0.15, 0.2) is 0 Å². The first-order valence-electron chi connectivity index (χ1n) is 6.89. The van der Waals surface area contributed by atoms with E-state index in [1.54, 1.807) is 12.1 Å². The second-order valence-electron chi connectivity index (χ2n) is 6.45. The molecule has 1 aliphatic carbocycles. The molecule has 19 heavy (non-hydrogen) atoms. The maximum atomic E-state index is 12.7. The Bertz CT molecular complexity index is 469. The predicted molar refractivity (Wildman–Crippen MR) is 76.0 cm³/mol. The van der Waals surface area contributed by atoms with Crippen LogP contribution in [0.1, 0.15) is 40.5 Å². The lowest BCUT2D eigenvalue weighted by Crippen LogP contribution is -2.47. The first-order valence-corrected chi connectivity index (χ1v) is 6.89. The van der Waals surface area contributed by atoms with Crippen LogP contribution in [0, 0.1) is 16.7 Å². The fourth-order valence-electron chi connectivity index (χ4n) is 3.03. The molecule has 3 heteroatoms. The van der Waals surface area contributed by atoms with Crippen LogP contribution in [0.4, 0.5) is 5.69 Å². The van der Waals surface area contributed by atoms with Gasteiger partial charge in [0.05, 0.1) is 11.1 Å². The van der Waals surface area contributed by atoms with Crippen LogP contribution in [0.2, 0.25) is 0 Å². The lowest BCUT2D eigenvalue weighted by molar-refractivity contribution is -0.138. The van der Waals surface area contributed by atoms with Crippen molar-refractivity contribution in [1.82, 2.24) is 0 Å². The molecule has 2 rings (SSSR count). The molecule has 0 aliphatic heterocycles. The van der Waals surface area contributed by atoms with Gasteiger partial charge in [-0.2, -0.15) is 5.06 Å². The molecular formula is C16H23NO2. The molecule has 1 amide bonds. The highest BCUT2D eigenvalue weighted by atomic mass is 16.5. The fourth-order valence-corrected chi connectivity index (χ4v) is 3.03. The van der Waals surface area contributed by atoms with Crippen LogP contribution in [0.25, 0.3) is 0 Å². The number of hydrogen-bond donors (Lipinski definition) is 1. The Hall–Kier alpha value is -1.35. The van der Waals surface area contributed by atoms with Crippen LogP contribution < -0.4 is 5.06 Å². The Balaban J connectivity index is 2.30. The number of amides is 1. The summed E-state index contributed by atoms with van der Waals surface area (Å²) in [6, 6.07) is 8.98. The topological polar surface area (TPSA) is 40.5 Å². The molecule has 1 saturated carbocycles. The van der Waals surface area contributed by atoms with Crippen molar-refractivity contribution < 1.29 is 10.0 Å². The molecule has 0 heterocycles. The number of para-hydroxylation sites is 1. The fraction of sp³-hybridized carbons (Fsp3) is 0.562. The quantitative estimate of drug-likeness (QED) is 0.648. The van der Waals surface area contributed by atoms with Crippen molar-refractivity contribution in [2.24, 2.45) is 16.7 Å². The number of hydrogen-bond acceptors (Lipinski definition) is 2. The summed E-state index contributed by atoms with van der Waals surface area (Å²) < 4.78 is 0. The highest BCUT2D eigenvalue weighted by Crippen LogP contribution is 2.56. The van der Waals surface area contributed by atoms with Gasteiger partial charge in [-0.25, -0.2) is 0 Å². The van der Waals surface area contributed by atoms with Crippen molar-refractivity contribution >= 4 is 11.6 Å². The van der Waals surface area contributed by atoms with Crippen LogP contribution in [0.3, 0.4) is 0 Å². The highest BCUT2D eigenvalue weighted by molar-refractivity contribution is 5.96. The van der Waals surface area contributed by atoms with E-state index in [9.17, 15) is 10.0 Å². The Labute approximate surface area is 115 Å². The summed E-state index contributed by atoms with van der Waals surface area (Å²) in [6.45, 7) is 8.41. The normalized spacial score (nSPS) is 29.2. The van der Waals surface area contributed by atoms with E-state index in [2.05, 4.69) is 20.8 Å². The number of anilines is 1. The lowest BCUT2D eigenvalue weighted by atomic mass is 9.65. The molecule has 3 nitrogen and oxygen atoms in total. The molecule has 0 bridgehead atoms. The number of benzene rings is 1. The van der Waals surface area contributed by atoms with Crippen LogP contribution in [-0.4, -0.2) is 11.1 Å². The molecule has 104 valence electrons. The minimum atomic E-state index is -0.517. The smallest absolute Gasteiger partial charge is 0.257 e. The van der Waals surface area contributed by atoms with Crippen molar-refractivity contribution in [3.63, 3.8) is 0 Å². The summed E-state index contributed by atoms with van der Waals surface area (Å²) in [5.41, 5.74) is -0.0966. The standard InChI is InChI=1S/C16H23NO2/c1-12-10-11-16(4,15(12,2)3)14(18)17(19)13-8-6-5-7-9-13/h5-9,12,19H,10-11H2,1-4H3/t12-,16-/m0/s1. The number of carbonyl (C=O) groups excluding carboxylic acids is 1. The molecule has 0 spiro atoms. The first-order chi connectivity index (χ1) is 8.80. The molecular weight excluding hydrogens is 238 g/mol. The first kappa shape index (κ1) is 14.1. The lowest BCUT2D eigenvalue weighted by Gasteiger charge is -2.40. The average Bonchev–Trinajstić information content (AvgIpc) is 2.62. The van der Waals surface area contributed by atoms with Crippen molar-refractivity contribution in [2.45, 2.75) is 40.5 Å². The van der Waals surface area contributed by atoms with Gasteiger partial charge in [-0.15, -0.1) is 0 Å². The zero-order valence-corrected chi connectivity index (χ0v) is 12.2. The molecule has 1 fully saturated rings. The molecule has 0 saturated heterocycles. The molecule has 1 aliphatic rings. The van der Waals surface area contributed by atoms with E-state index >= 15 is 0 Å². The van der Waals surface area contributed by atoms with Gasteiger partial charge in [0.25, 0.3) is 5.91 Å². The summed E-state index contributed by atoms with van der Waals surface area (Å²) in [5, 5.41) is 11.0. The summed E-state index contributed by atoms with van der Waals surface area (Å²) in [5.74, 6) is 0.277. The highest BCUT2D eigenvalue weighted by Gasteiger charge is 2.55. The maximum absolute atomic E-state index is 12.7. The van der Waals surface area contributed by atoms with E-state index in [1.165, 1.54) is 0 Å². The largest absolute Gasteiger partial charge is 0.281 e. The van der Waals surface area contributed by atoms with E-state index in [1.807, 2.05) is 25.1 Å². The van der Waals surface area contributed by atoms with Gasteiger partial charge in [0.2, 0.25) is 0 Å². The van der Waals surface area contributed by atoms with Gasteiger partial charge in [0.1, 0.15) is 0 Å². The summed E-state index contributed by atoms with van der Waals surface area (Å²) in [4.78, 5) is 12.7. The van der Waals surface area contributed by atoms with Gasteiger partial charge in [0, 0.05) is 0 Å². The predicted octanol–water partition coefficient (Wildman–Crippen LogP) is 3.87. The number of hydroxylamine groups is 1. The van der Waals surface area contributed by atoms with Gasteiger partial charge in [-0.1, -0.05) is 45.9 Å². The average molecular weight is 261 g/mol. The second kappa shape index (κ2) is 4.64. The number of rotatable bonds is 2. The van der Waals surface area contributed by atoms with Crippen LogP contribution in [0.15, 0.2) is 30.3 Å². The van der Waals surface area contributed by atoms with Crippen LogP contribution >= 0.6 is 0 Å². The Morgan fingerprint density at radius 2 is 1.84 bits per heavy atom. The van der Waals surface area contributed by atoms with Gasteiger partial charge in [-0.3, -0.25) is 10.0 Å². The Kier molecular flexibility index (Phi) is 3.43. The molecule has 0 radical (unpaired) electrons. The molecule has 0 unspecified atom stereocenters. The van der Waals surface area contributed by atoms with E-state index < -0.39 is 5.41 Å². The van der Waals surface area contributed by atoms with Crippen LogP contribution in [-0.2, 0) is 4.79 Å². The summed E-state index contributed by atoms with van der Waals surface area (Å²) in [7, 11) is 0. The van der Waals surface area contributed by atoms with Crippen molar-refractivity contribution in [3.05, 3.63) is 30.3 Å². The number of carbonyl (C=O) groups is 1. The second-order valence-corrected chi connectivity index (χ2v) is 6.45. The van der Waals surface area contributed by atoms with E-state index in [-0.39, 0.29) is 11.3 Å². The van der Waals surface area contributed by atoms with Gasteiger partial charge in [-0.05, 0) is 36.3 Å². The van der Waals surface area contributed by atoms with E-state index in [4.69, 9.17) is 0 Å². The van der Waals surface area contributed by atoms with E-state index in [0.717, 1.165) is 17.9 Å². The van der Waals surface area contributed by atoms with Crippen molar-refractivity contribution in [3.8, 4) is 0 Å². The minimum Gasteiger partial charge on any atom is -0.281 e. The zero-order chi connectivity index (χ0) is 14.3. The Morgan fingerprint density at radius 3 is 2.32 bits per heavy atom. The Morgan fingerprint density at radius 1 is 1.26 bits per heavy atom. The minimum absolute atomic E-state index is 0.111. The maximum Gasteiger partial charge on any atom is 0.257 e. The molecule has 0 aromatic heterocycles. The monoisotopic (exact) mass is 261 g/mol. The van der Waals surface area contributed by atoms with Gasteiger partial charge >= 0.3 is 0 Å². The van der Waals surface area contributed by atoms with Gasteiger partial charge < -0.3 is 0 Å². The molecule has 1 aromatic carbocycles. The summed E-state index contributed by atoms with van der Waals surface area (Å²) >= 11 is 0. The SMILES string of the molecule is C[C@H]1CC[C@@](C)(C(=O)N(O)c2ccccc2)C1(C)C. The molecule has 1 aromatic rings.